The van der Waals surface area contributed by atoms with Crippen molar-refractivity contribution in [2.24, 2.45) is 0 Å². The van der Waals surface area contributed by atoms with Crippen LogP contribution in [0.4, 0.5) is 0 Å². The van der Waals surface area contributed by atoms with Crippen molar-refractivity contribution < 1.29 is 4.42 Å². The molecule has 0 aliphatic carbocycles. The van der Waals surface area contributed by atoms with Crippen molar-refractivity contribution in [1.29, 1.82) is 0 Å². The highest BCUT2D eigenvalue weighted by Gasteiger charge is 2.09. The smallest absolute Gasteiger partial charge is 0.344 e. The summed E-state index contributed by atoms with van der Waals surface area (Å²) in [4.78, 5) is 16.7. The summed E-state index contributed by atoms with van der Waals surface area (Å²) in [5.74, 6) is 0. The lowest BCUT2D eigenvalue weighted by atomic mass is 10.1. The van der Waals surface area contributed by atoms with Crippen LogP contribution in [0, 0.1) is 6.92 Å². The number of para-hydroxylation sites is 1. The van der Waals surface area contributed by atoms with E-state index in [1.807, 2.05) is 49.4 Å². The molecule has 0 saturated heterocycles. The number of aryl methyl sites for hydroxylation is 1. The number of rotatable bonds is 1. The molecule has 0 bridgehead atoms. The first-order valence-corrected chi connectivity index (χ1v) is 7.43. The Hall–Kier alpha value is -2.46. The lowest BCUT2D eigenvalue weighted by molar-refractivity contribution is 0.563. The van der Waals surface area contributed by atoms with E-state index in [1.54, 1.807) is 17.4 Å². The van der Waals surface area contributed by atoms with E-state index in [-0.39, 0.29) is 5.63 Å². The predicted octanol–water partition coefficient (Wildman–Crippen LogP) is 4.38. The highest BCUT2D eigenvalue weighted by atomic mass is 32.1. The van der Waals surface area contributed by atoms with Gasteiger partial charge in [0.25, 0.3) is 0 Å². The summed E-state index contributed by atoms with van der Waals surface area (Å²) in [6.07, 6.45) is 0. The number of aromatic nitrogens is 1. The normalized spacial score (nSPS) is 11.3. The van der Waals surface area contributed by atoms with Gasteiger partial charge in [-0.1, -0.05) is 24.3 Å². The third-order valence-corrected chi connectivity index (χ3v) is 4.40. The summed E-state index contributed by atoms with van der Waals surface area (Å²) in [6, 6.07) is 15.3. The standard InChI is InChI=1S/C17H11NO2S/c1-10-18-14-9-11(6-7-16(14)21-10)13-8-12-4-2-3-5-15(12)20-17(13)19/h2-9H,1H3. The van der Waals surface area contributed by atoms with Gasteiger partial charge in [-0.2, -0.15) is 0 Å². The van der Waals surface area contributed by atoms with Gasteiger partial charge in [0.1, 0.15) is 5.58 Å². The molecule has 0 fully saturated rings. The highest BCUT2D eigenvalue weighted by molar-refractivity contribution is 7.18. The van der Waals surface area contributed by atoms with E-state index in [1.165, 1.54) is 0 Å². The predicted molar refractivity (Wildman–Crippen MR) is 85.8 cm³/mol. The van der Waals surface area contributed by atoms with Gasteiger partial charge in [0, 0.05) is 5.39 Å². The first-order valence-electron chi connectivity index (χ1n) is 6.61. The molecule has 0 N–H and O–H groups in total. The van der Waals surface area contributed by atoms with Crippen LogP contribution in [-0.4, -0.2) is 4.98 Å². The quantitative estimate of drug-likeness (QED) is 0.489. The van der Waals surface area contributed by atoms with Crippen molar-refractivity contribution in [3.63, 3.8) is 0 Å². The number of hydrogen-bond donors (Lipinski definition) is 0. The van der Waals surface area contributed by atoms with Crippen molar-refractivity contribution in [3.05, 3.63) is 64.0 Å². The van der Waals surface area contributed by atoms with E-state index < -0.39 is 0 Å². The zero-order valence-corrected chi connectivity index (χ0v) is 12.1. The molecular weight excluding hydrogens is 282 g/mol. The Balaban J connectivity index is 1.98. The third-order valence-electron chi connectivity index (χ3n) is 3.45. The van der Waals surface area contributed by atoms with E-state index in [0.717, 1.165) is 26.2 Å². The number of fused-ring (bicyclic) bond motifs is 2. The van der Waals surface area contributed by atoms with Crippen molar-refractivity contribution in [2.45, 2.75) is 6.92 Å². The second kappa shape index (κ2) is 4.53. The van der Waals surface area contributed by atoms with Gasteiger partial charge in [0.15, 0.2) is 0 Å². The molecule has 3 nitrogen and oxygen atoms in total. The average molecular weight is 293 g/mol. The monoisotopic (exact) mass is 293 g/mol. The second-order valence-corrected chi connectivity index (χ2v) is 6.14. The van der Waals surface area contributed by atoms with Gasteiger partial charge in [-0.3, -0.25) is 0 Å². The minimum absolute atomic E-state index is 0.319. The Morgan fingerprint density at radius 1 is 1.10 bits per heavy atom. The van der Waals surface area contributed by atoms with Crippen LogP contribution >= 0.6 is 11.3 Å². The van der Waals surface area contributed by atoms with E-state index in [0.29, 0.717) is 11.1 Å². The second-order valence-electron chi connectivity index (χ2n) is 4.90. The Bertz CT molecular complexity index is 1030. The van der Waals surface area contributed by atoms with Crippen molar-refractivity contribution in [1.82, 2.24) is 4.98 Å². The maximum atomic E-state index is 12.2. The molecule has 4 rings (SSSR count). The van der Waals surface area contributed by atoms with Crippen LogP contribution in [0.3, 0.4) is 0 Å². The van der Waals surface area contributed by atoms with Gasteiger partial charge in [0.2, 0.25) is 0 Å². The molecule has 0 spiro atoms. The first-order chi connectivity index (χ1) is 10.2. The molecule has 4 aromatic rings. The molecule has 0 aliphatic rings. The van der Waals surface area contributed by atoms with Crippen LogP contribution < -0.4 is 5.63 Å². The fourth-order valence-electron chi connectivity index (χ4n) is 2.47. The van der Waals surface area contributed by atoms with Crippen LogP contribution in [-0.2, 0) is 0 Å². The number of nitrogens with zero attached hydrogens (tertiary/aromatic N) is 1. The van der Waals surface area contributed by atoms with Crippen molar-refractivity contribution >= 4 is 32.5 Å². The van der Waals surface area contributed by atoms with Crippen LogP contribution in [0.2, 0.25) is 0 Å². The molecule has 2 aromatic carbocycles. The van der Waals surface area contributed by atoms with Gasteiger partial charge >= 0.3 is 5.63 Å². The molecule has 0 unspecified atom stereocenters. The van der Waals surface area contributed by atoms with Crippen LogP contribution in [0.5, 0.6) is 0 Å². The Morgan fingerprint density at radius 3 is 2.86 bits per heavy atom. The van der Waals surface area contributed by atoms with E-state index in [9.17, 15) is 4.79 Å². The maximum absolute atomic E-state index is 12.2. The van der Waals surface area contributed by atoms with Crippen LogP contribution in [0.25, 0.3) is 32.3 Å². The minimum Gasteiger partial charge on any atom is -0.422 e. The van der Waals surface area contributed by atoms with E-state index >= 15 is 0 Å². The topological polar surface area (TPSA) is 43.1 Å². The fraction of sp³-hybridized carbons (Fsp3) is 0.0588. The number of hydrogen-bond acceptors (Lipinski definition) is 4. The number of benzene rings is 2. The van der Waals surface area contributed by atoms with E-state index in [4.69, 9.17) is 4.42 Å². The molecule has 0 aliphatic heterocycles. The third kappa shape index (κ3) is 2.04. The molecule has 21 heavy (non-hydrogen) atoms. The Labute approximate surface area is 124 Å². The lowest BCUT2D eigenvalue weighted by Crippen LogP contribution is -2.02. The van der Waals surface area contributed by atoms with Gasteiger partial charge in [-0.05, 0) is 36.8 Å². The summed E-state index contributed by atoms with van der Waals surface area (Å²) in [5.41, 5.74) is 2.62. The number of thiazole rings is 1. The summed E-state index contributed by atoms with van der Waals surface area (Å²) in [5, 5.41) is 1.94. The molecule has 4 heteroatoms. The maximum Gasteiger partial charge on any atom is 0.344 e. The molecule has 0 amide bonds. The SMILES string of the molecule is Cc1nc2cc(-c3cc4ccccc4oc3=O)ccc2s1. The van der Waals surface area contributed by atoms with Crippen molar-refractivity contribution in [3.8, 4) is 11.1 Å². The molecule has 2 aromatic heterocycles. The van der Waals surface area contributed by atoms with E-state index in [2.05, 4.69) is 4.98 Å². The molecule has 2 heterocycles. The van der Waals surface area contributed by atoms with Crippen molar-refractivity contribution in [2.75, 3.05) is 0 Å². The van der Waals surface area contributed by atoms with Gasteiger partial charge in [-0.25, -0.2) is 9.78 Å². The Kier molecular flexibility index (Phi) is 2.65. The summed E-state index contributed by atoms with van der Waals surface area (Å²) < 4.78 is 6.52. The average Bonchev–Trinajstić information content (AvgIpc) is 2.85. The first kappa shape index (κ1) is 12.3. The molecule has 102 valence electrons. The molecular formula is C17H11NO2S. The minimum atomic E-state index is -0.319. The highest BCUT2D eigenvalue weighted by Crippen LogP contribution is 2.27. The van der Waals surface area contributed by atoms with Crippen LogP contribution in [0.15, 0.2) is 57.7 Å². The van der Waals surface area contributed by atoms with Gasteiger partial charge in [0.05, 0.1) is 20.8 Å². The van der Waals surface area contributed by atoms with Gasteiger partial charge < -0.3 is 4.42 Å². The molecule has 0 saturated carbocycles. The zero-order chi connectivity index (χ0) is 14.4. The fourth-order valence-corrected chi connectivity index (χ4v) is 3.28. The molecule has 0 radical (unpaired) electrons. The zero-order valence-electron chi connectivity index (χ0n) is 11.3. The Morgan fingerprint density at radius 2 is 1.95 bits per heavy atom. The largest absolute Gasteiger partial charge is 0.422 e. The summed E-state index contributed by atoms with van der Waals surface area (Å²) in [6.45, 7) is 1.98. The van der Waals surface area contributed by atoms with Gasteiger partial charge in [-0.15, -0.1) is 11.3 Å². The lowest BCUT2D eigenvalue weighted by Gasteiger charge is -2.02. The van der Waals surface area contributed by atoms with Crippen LogP contribution in [0.1, 0.15) is 5.01 Å². The molecule has 0 atom stereocenters. The summed E-state index contributed by atoms with van der Waals surface area (Å²) in [7, 11) is 0. The summed E-state index contributed by atoms with van der Waals surface area (Å²) >= 11 is 1.65.